The van der Waals surface area contributed by atoms with E-state index in [1.54, 1.807) is 0 Å². The summed E-state index contributed by atoms with van der Waals surface area (Å²) in [6.45, 7) is 3.79. The van der Waals surface area contributed by atoms with Gasteiger partial charge in [0.05, 0.1) is 51.3 Å². The van der Waals surface area contributed by atoms with Crippen LogP contribution in [-0.4, -0.2) is 87.8 Å². The van der Waals surface area contributed by atoms with Gasteiger partial charge in [0.15, 0.2) is 11.5 Å². The van der Waals surface area contributed by atoms with Crippen LogP contribution in [0.15, 0.2) is 24.8 Å². The third-order valence-corrected chi connectivity index (χ3v) is 5.34. The number of likely N-dealkylation sites (tertiary alicyclic amines) is 1. The number of hydrogen-bond acceptors (Lipinski definition) is 9. The maximum Gasteiger partial charge on any atom is 0.411 e. The number of aliphatic hydroxyl groups excluding tert-OH is 1. The molecular formula is C23H32N2O9. The van der Waals surface area contributed by atoms with Crippen molar-refractivity contribution in [2.45, 2.75) is 31.4 Å². The van der Waals surface area contributed by atoms with Crippen LogP contribution in [0, 0.1) is 0 Å². The van der Waals surface area contributed by atoms with E-state index in [1.807, 2.05) is 0 Å². The molecule has 0 saturated carbocycles. The third-order valence-electron chi connectivity index (χ3n) is 5.34. The number of carbonyl (C=O) groups is 3. The van der Waals surface area contributed by atoms with E-state index in [9.17, 15) is 19.5 Å². The van der Waals surface area contributed by atoms with Gasteiger partial charge in [-0.15, -0.1) is 0 Å². The number of amides is 2. The Labute approximate surface area is 198 Å². The summed E-state index contributed by atoms with van der Waals surface area (Å²) in [6, 6.07) is 2.33. The fourth-order valence-electron chi connectivity index (χ4n) is 3.64. The number of rotatable bonds is 12. The van der Waals surface area contributed by atoms with E-state index >= 15 is 0 Å². The van der Waals surface area contributed by atoms with Gasteiger partial charge < -0.3 is 33.7 Å². The van der Waals surface area contributed by atoms with Crippen molar-refractivity contribution in [1.29, 1.82) is 0 Å². The lowest BCUT2D eigenvalue weighted by Crippen LogP contribution is -2.43. The second-order valence-corrected chi connectivity index (χ2v) is 7.39. The number of nitrogens with one attached hydrogen (secondary N) is 1. The average molecular weight is 481 g/mol. The molecule has 34 heavy (non-hydrogen) atoms. The molecule has 2 amide bonds. The van der Waals surface area contributed by atoms with E-state index in [0.29, 0.717) is 30.9 Å². The Hall–Kier alpha value is -3.31. The summed E-state index contributed by atoms with van der Waals surface area (Å²) in [5, 5.41) is 12.5. The first kappa shape index (κ1) is 26.9. The van der Waals surface area contributed by atoms with Gasteiger partial charge in [0.1, 0.15) is 6.61 Å². The van der Waals surface area contributed by atoms with Crippen LogP contribution in [0.1, 0.15) is 29.6 Å². The van der Waals surface area contributed by atoms with Crippen LogP contribution in [0.2, 0.25) is 0 Å². The lowest BCUT2D eigenvalue weighted by atomic mass is 10.1. The van der Waals surface area contributed by atoms with Gasteiger partial charge in [-0.1, -0.05) is 12.7 Å². The summed E-state index contributed by atoms with van der Waals surface area (Å²) in [5.74, 6) is -0.151. The zero-order valence-corrected chi connectivity index (χ0v) is 19.7. The molecule has 188 valence electrons. The molecule has 0 aromatic heterocycles. The van der Waals surface area contributed by atoms with Crippen LogP contribution in [0.25, 0.3) is 0 Å². The lowest BCUT2D eigenvalue weighted by Gasteiger charge is -2.27. The summed E-state index contributed by atoms with van der Waals surface area (Å²) in [7, 11) is 4.19. The standard InChI is InChI=1S/C23H32N2O9/c1-5-10-34-23(29)24-16-13-20(31-3)19(30-2)12-15(16)22(28)25-9-8-18(17(25)14-26)33-11-6-7-21(27)32-4/h5,12-13,17-18,26H,1,6-11,14H2,2-4H3,(H,24,29)/t17-,18+/m1/s1. The minimum atomic E-state index is -0.770. The molecule has 0 radical (unpaired) electrons. The van der Waals surface area contributed by atoms with Gasteiger partial charge in [0, 0.05) is 25.6 Å². The molecule has 1 saturated heterocycles. The van der Waals surface area contributed by atoms with Gasteiger partial charge in [-0.3, -0.25) is 14.9 Å². The fraction of sp³-hybridized carbons (Fsp3) is 0.522. The van der Waals surface area contributed by atoms with Crippen LogP contribution >= 0.6 is 0 Å². The molecule has 0 unspecified atom stereocenters. The van der Waals surface area contributed by atoms with Crippen molar-refractivity contribution < 1.29 is 43.2 Å². The Morgan fingerprint density at radius 3 is 2.53 bits per heavy atom. The van der Waals surface area contributed by atoms with Crippen LogP contribution in [0.5, 0.6) is 11.5 Å². The summed E-state index contributed by atoms with van der Waals surface area (Å²) in [6.07, 6.45) is 1.44. The maximum atomic E-state index is 13.5. The van der Waals surface area contributed by atoms with E-state index in [0.717, 1.165) is 0 Å². The molecule has 2 atom stereocenters. The molecule has 0 bridgehead atoms. The number of esters is 1. The summed E-state index contributed by atoms with van der Waals surface area (Å²) in [4.78, 5) is 38.4. The van der Waals surface area contributed by atoms with Crippen LogP contribution < -0.4 is 14.8 Å². The molecule has 2 rings (SSSR count). The number of hydrogen-bond donors (Lipinski definition) is 2. The quantitative estimate of drug-likeness (QED) is 0.262. The smallest absolute Gasteiger partial charge is 0.411 e. The second-order valence-electron chi connectivity index (χ2n) is 7.39. The first-order valence-electron chi connectivity index (χ1n) is 10.8. The Kier molecular flexibility index (Phi) is 10.6. The summed E-state index contributed by atoms with van der Waals surface area (Å²) in [5.41, 5.74) is 0.300. The zero-order valence-electron chi connectivity index (χ0n) is 19.7. The molecule has 11 nitrogen and oxygen atoms in total. The maximum absolute atomic E-state index is 13.5. The SMILES string of the molecule is C=CCOC(=O)Nc1cc(OC)c(OC)cc1C(=O)N1CC[C@H](OCCCC(=O)OC)[C@H]1CO. The summed E-state index contributed by atoms with van der Waals surface area (Å²) < 4.78 is 26.0. The van der Waals surface area contributed by atoms with Crippen molar-refractivity contribution in [2.75, 3.05) is 53.0 Å². The Balaban J connectivity index is 2.22. The number of ether oxygens (including phenoxy) is 5. The largest absolute Gasteiger partial charge is 0.493 e. The topological polar surface area (TPSA) is 133 Å². The highest BCUT2D eigenvalue weighted by atomic mass is 16.5. The predicted octanol–water partition coefficient (Wildman–Crippen LogP) is 1.98. The molecule has 1 aromatic carbocycles. The van der Waals surface area contributed by atoms with Gasteiger partial charge in [-0.25, -0.2) is 4.79 Å². The van der Waals surface area contributed by atoms with Gasteiger partial charge in [-0.2, -0.15) is 0 Å². The number of anilines is 1. The first-order valence-corrected chi connectivity index (χ1v) is 10.8. The van der Waals surface area contributed by atoms with Gasteiger partial charge >= 0.3 is 12.1 Å². The normalized spacial score (nSPS) is 17.1. The highest BCUT2D eigenvalue weighted by molar-refractivity contribution is 6.04. The van der Waals surface area contributed by atoms with Gasteiger partial charge in [0.25, 0.3) is 5.91 Å². The van der Waals surface area contributed by atoms with Crippen molar-refractivity contribution in [3.05, 3.63) is 30.4 Å². The van der Waals surface area contributed by atoms with Crippen molar-refractivity contribution in [2.24, 2.45) is 0 Å². The Morgan fingerprint density at radius 1 is 1.21 bits per heavy atom. The fourth-order valence-corrected chi connectivity index (χ4v) is 3.64. The van der Waals surface area contributed by atoms with E-state index in [4.69, 9.17) is 18.9 Å². The van der Waals surface area contributed by atoms with E-state index in [-0.39, 0.29) is 43.5 Å². The number of carbonyl (C=O) groups excluding carboxylic acids is 3. The predicted molar refractivity (Wildman–Crippen MR) is 122 cm³/mol. The van der Waals surface area contributed by atoms with Crippen molar-refractivity contribution in [3.8, 4) is 11.5 Å². The van der Waals surface area contributed by atoms with Gasteiger partial charge in [0.2, 0.25) is 0 Å². The zero-order chi connectivity index (χ0) is 25.1. The highest BCUT2D eigenvalue weighted by Gasteiger charge is 2.38. The third kappa shape index (κ3) is 6.84. The number of nitrogens with zero attached hydrogens (tertiary/aromatic N) is 1. The molecule has 1 aliphatic heterocycles. The number of methoxy groups -OCH3 is 3. The monoisotopic (exact) mass is 480 g/mol. The van der Waals surface area contributed by atoms with Crippen molar-refractivity contribution >= 4 is 23.7 Å². The van der Waals surface area contributed by atoms with Crippen molar-refractivity contribution in [1.82, 2.24) is 4.90 Å². The highest BCUT2D eigenvalue weighted by Crippen LogP contribution is 2.35. The van der Waals surface area contributed by atoms with Crippen molar-refractivity contribution in [3.63, 3.8) is 0 Å². The molecule has 1 heterocycles. The molecule has 0 spiro atoms. The number of benzene rings is 1. The molecule has 11 heteroatoms. The molecule has 2 N–H and O–H groups in total. The molecule has 1 aromatic rings. The first-order chi connectivity index (χ1) is 16.4. The average Bonchev–Trinajstić information content (AvgIpc) is 3.27. The Morgan fingerprint density at radius 2 is 1.91 bits per heavy atom. The summed E-state index contributed by atoms with van der Waals surface area (Å²) >= 11 is 0. The number of aliphatic hydroxyl groups is 1. The minimum absolute atomic E-state index is 0.00386. The van der Waals surface area contributed by atoms with Crippen LogP contribution in [-0.2, 0) is 19.0 Å². The molecule has 1 fully saturated rings. The Bertz CT molecular complexity index is 874. The van der Waals surface area contributed by atoms with E-state index in [2.05, 4.69) is 16.6 Å². The second kappa shape index (κ2) is 13.4. The van der Waals surface area contributed by atoms with Crippen LogP contribution in [0.4, 0.5) is 10.5 Å². The van der Waals surface area contributed by atoms with E-state index in [1.165, 1.54) is 44.4 Å². The van der Waals surface area contributed by atoms with Gasteiger partial charge in [-0.05, 0) is 18.9 Å². The van der Waals surface area contributed by atoms with Crippen LogP contribution in [0.3, 0.4) is 0 Å². The van der Waals surface area contributed by atoms with E-state index < -0.39 is 24.1 Å². The minimum Gasteiger partial charge on any atom is -0.493 e. The molecule has 0 aliphatic carbocycles. The molecule has 1 aliphatic rings. The molecular weight excluding hydrogens is 448 g/mol. The lowest BCUT2D eigenvalue weighted by molar-refractivity contribution is -0.141.